The number of phenols is 1. The first-order chi connectivity index (χ1) is 5.77. The molecule has 0 spiro atoms. The van der Waals surface area contributed by atoms with Crippen LogP contribution in [0.2, 0.25) is 0 Å². The fourth-order valence-corrected chi connectivity index (χ4v) is 1.06. The van der Waals surface area contributed by atoms with Crippen LogP contribution in [0.3, 0.4) is 0 Å². The van der Waals surface area contributed by atoms with Crippen LogP contribution in [0.5, 0.6) is 5.75 Å². The Hall–Kier alpha value is -1.50. The maximum atomic E-state index is 9.04. The number of rotatable bonds is 2. The number of hydrogen-bond acceptors (Lipinski definition) is 1. The summed E-state index contributed by atoms with van der Waals surface area (Å²) in [4.78, 5) is 0. The van der Waals surface area contributed by atoms with E-state index in [1.807, 2.05) is 25.1 Å². The number of aromatic hydroxyl groups is 1. The Morgan fingerprint density at radius 1 is 1.33 bits per heavy atom. The van der Waals surface area contributed by atoms with E-state index in [0.29, 0.717) is 5.75 Å². The van der Waals surface area contributed by atoms with Crippen LogP contribution in [0.1, 0.15) is 12.5 Å². The molecule has 0 aromatic heterocycles. The fourth-order valence-electron chi connectivity index (χ4n) is 1.06. The van der Waals surface area contributed by atoms with Gasteiger partial charge in [0.15, 0.2) is 0 Å². The fraction of sp³-hybridized carbons (Fsp3) is 0.0909. The molecule has 0 heterocycles. The molecular weight excluding hydrogens is 148 g/mol. The van der Waals surface area contributed by atoms with Crippen molar-refractivity contribution in [2.24, 2.45) is 0 Å². The maximum Gasteiger partial charge on any atom is 0.115 e. The van der Waals surface area contributed by atoms with Gasteiger partial charge < -0.3 is 5.11 Å². The van der Waals surface area contributed by atoms with Crippen molar-refractivity contribution in [1.29, 1.82) is 0 Å². The second kappa shape index (κ2) is 3.77. The molecule has 1 nitrogen and oxygen atoms in total. The molecule has 1 heteroatoms. The van der Waals surface area contributed by atoms with Crippen LogP contribution < -0.4 is 0 Å². The zero-order valence-corrected chi connectivity index (χ0v) is 7.12. The lowest BCUT2D eigenvalue weighted by atomic mass is 10.1. The normalized spacial score (nSPS) is 11.2. The molecule has 12 heavy (non-hydrogen) atoms. The molecule has 0 unspecified atom stereocenters. The van der Waals surface area contributed by atoms with Crippen molar-refractivity contribution < 1.29 is 5.11 Å². The average Bonchev–Trinajstić information content (AvgIpc) is 2.10. The van der Waals surface area contributed by atoms with Crippen LogP contribution in [0.15, 0.2) is 43.0 Å². The van der Waals surface area contributed by atoms with Gasteiger partial charge in [0, 0.05) is 0 Å². The molecule has 0 aliphatic heterocycles. The van der Waals surface area contributed by atoms with E-state index in [2.05, 4.69) is 6.58 Å². The Morgan fingerprint density at radius 3 is 2.33 bits per heavy atom. The van der Waals surface area contributed by atoms with Crippen molar-refractivity contribution in [2.45, 2.75) is 6.92 Å². The predicted octanol–water partition coefficient (Wildman–Crippen LogP) is 2.98. The van der Waals surface area contributed by atoms with Crippen molar-refractivity contribution in [3.8, 4) is 5.75 Å². The summed E-state index contributed by atoms with van der Waals surface area (Å²) in [5, 5.41) is 9.04. The molecule has 0 radical (unpaired) electrons. The molecule has 1 aromatic rings. The molecule has 0 saturated heterocycles. The summed E-state index contributed by atoms with van der Waals surface area (Å²) < 4.78 is 0. The van der Waals surface area contributed by atoms with Crippen LogP contribution in [0.4, 0.5) is 0 Å². The highest BCUT2D eigenvalue weighted by Gasteiger charge is 1.94. The lowest BCUT2D eigenvalue weighted by Gasteiger charge is -2.00. The van der Waals surface area contributed by atoms with Gasteiger partial charge in [-0.3, -0.25) is 0 Å². The third-order valence-corrected chi connectivity index (χ3v) is 1.73. The smallest absolute Gasteiger partial charge is 0.115 e. The van der Waals surface area contributed by atoms with Crippen LogP contribution in [0.25, 0.3) is 5.57 Å². The SMILES string of the molecule is C=C/C(=C\C)c1ccc(O)cc1. The van der Waals surface area contributed by atoms with Gasteiger partial charge >= 0.3 is 0 Å². The molecule has 0 fully saturated rings. The Morgan fingerprint density at radius 2 is 1.92 bits per heavy atom. The molecule has 0 bridgehead atoms. The Balaban J connectivity index is 3.04. The van der Waals surface area contributed by atoms with E-state index in [-0.39, 0.29) is 0 Å². The standard InChI is InChI=1S/C11H12O/c1-3-9(4-2)10-5-7-11(12)8-6-10/h3-8,12H,1H2,2H3/b9-4+. The summed E-state index contributed by atoms with van der Waals surface area (Å²) in [6.07, 6.45) is 3.78. The van der Waals surface area contributed by atoms with Gasteiger partial charge in [0.05, 0.1) is 0 Å². The monoisotopic (exact) mass is 160 g/mol. The van der Waals surface area contributed by atoms with Crippen molar-refractivity contribution >= 4 is 5.57 Å². The second-order valence-electron chi connectivity index (χ2n) is 2.50. The van der Waals surface area contributed by atoms with E-state index in [1.165, 1.54) is 0 Å². The van der Waals surface area contributed by atoms with Crippen LogP contribution in [-0.4, -0.2) is 5.11 Å². The first-order valence-corrected chi connectivity index (χ1v) is 3.86. The zero-order valence-electron chi connectivity index (χ0n) is 7.12. The van der Waals surface area contributed by atoms with Crippen LogP contribution in [-0.2, 0) is 0 Å². The molecule has 0 amide bonds. The van der Waals surface area contributed by atoms with Gasteiger partial charge in [0.25, 0.3) is 0 Å². The van der Waals surface area contributed by atoms with Crippen molar-refractivity contribution in [3.05, 3.63) is 48.6 Å². The Labute approximate surface area is 72.7 Å². The lowest BCUT2D eigenvalue weighted by Crippen LogP contribution is -1.78. The number of hydrogen-bond donors (Lipinski definition) is 1. The molecule has 0 aliphatic carbocycles. The molecule has 1 N–H and O–H groups in total. The Kier molecular flexibility index (Phi) is 2.70. The third kappa shape index (κ3) is 1.76. The third-order valence-electron chi connectivity index (χ3n) is 1.73. The lowest BCUT2D eigenvalue weighted by molar-refractivity contribution is 0.475. The second-order valence-corrected chi connectivity index (χ2v) is 2.50. The molecule has 1 aromatic carbocycles. The van der Waals surface area contributed by atoms with Gasteiger partial charge in [-0.25, -0.2) is 0 Å². The number of allylic oxidation sites excluding steroid dienone is 3. The van der Waals surface area contributed by atoms with Crippen molar-refractivity contribution in [3.63, 3.8) is 0 Å². The van der Waals surface area contributed by atoms with Gasteiger partial charge in [-0.05, 0) is 30.2 Å². The minimum atomic E-state index is 0.290. The highest BCUT2D eigenvalue weighted by atomic mass is 16.3. The van der Waals surface area contributed by atoms with Gasteiger partial charge in [-0.1, -0.05) is 30.9 Å². The van der Waals surface area contributed by atoms with E-state index in [1.54, 1.807) is 18.2 Å². The zero-order chi connectivity index (χ0) is 8.97. The average molecular weight is 160 g/mol. The first kappa shape index (κ1) is 8.60. The van der Waals surface area contributed by atoms with E-state index in [9.17, 15) is 0 Å². The summed E-state index contributed by atoms with van der Waals surface area (Å²) >= 11 is 0. The predicted molar refractivity (Wildman–Crippen MR) is 52.0 cm³/mol. The number of benzene rings is 1. The summed E-state index contributed by atoms with van der Waals surface area (Å²) in [6.45, 7) is 5.66. The largest absolute Gasteiger partial charge is 0.508 e. The number of phenolic OH excluding ortho intramolecular Hbond substituents is 1. The summed E-state index contributed by atoms with van der Waals surface area (Å²) in [5.74, 6) is 0.290. The maximum absolute atomic E-state index is 9.04. The van der Waals surface area contributed by atoms with Crippen molar-refractivity contribution in [1.82, 2.24) is 0 Å². The quantitative estimate of drug-likeness (QED) is 0.659. The van der Waals surface area contributed by atoms with E-state index in [0.717, 1.165) is 11.1 Å². The molecule has 0 aliphatic rings. The minimum absolute atomic E-state index is 0.290. The van der Waals surface area contributed by atoms with Gasteiger partial charge in [0.2, 0.25) is 0 Å². The van der Waals surface area contributed by atoms with Crippen LogP contribution >= 0.6 is 0 Å². The van der Waals surface area contributed by atoms with Gasteiger partial charge in [-0.15, -0.1) is 0 Å². The topological polar surface area (TPSA) is 20.2 Å². The van der Waals surface area contributed by atoms with Gasteiger partial charge in [0.1, 0.15) is 5.75 Å². The molecule has 0 saturated carbocycles. The van der Waals surface area contributed by atoms with Crippen LogP contribution in [0, 0.1) is 0 Å². The summed E-state index contributed by atoms with van der Waals surface area (Å²) in [7, 11) is 0. The minimum Gasteiger partial charge on any atom is -0.508 e. The summed E-state index contributed by atoms with van der Waals surface area (Å²) in [6, 6.07) is 7.07. The first-order valence-electron chi connectivity index (χ1n) is 3.86. The molecular formula is C11H12O. The summed E-state index contributed by atoms with van der Waals surface area (Å²) in [5.41, 5.74) is 2.15. The highest BCUT2D eigenvalue weighted by molar-refractivity contribution is 5.73. The van der Waals surface area contributed by atoms with Crippen molar-refractivity contribution in [2.75, 3.05) is 0 Å². The molecule has 1 rings (SSSR count). The Bertz CT molecular complexity index is 293. The highest BCUT2D eigenvalue weighted by Crippen LogP contribution is 2.18. The van der Waals surface area contributed by atoms with E-state index in [4.69, 9.17) is 5.11 Å². The molecule has 0 atom stereocenters. The van der Waals surface area contributed by atoms with E-state index >= 15 is 0 Å². The van der Waals surface area contributed by atoms with Gasteiger partial charge in [-0.2, -0.15) is 0 Å². The molecule has 62 valence electrons. The van der Waals surface area contributed by atoms with E-state index < -0.39 is 0 Å².